The molecule has 8 nitrogen and oxygen atoms in total. The van der Waals surface area contributed by atoms with E-state index in [2.05, 4.69) is 22.2 Å². The van der Waals surface area contributed by atoms with Gasteiger partial charge in [0.1, 0.15) is 5.82 Å². The molecular formula is C22H30N4O4. The van der Waals surface area contributed by atoms with Gasteiger partial charge in [-0.2, -0.15) is 0 Å². The van der Waals surface area contributed by atoms with Gasteiger partial charge < -0.3 is 15.2 Å². The topological polar surface area (TPSA) is 105 Å². The Hall–Kier alpha value is -3.00. The van der Waals surface area contributed by atoms with Crippen molar-refractivity contribution in [1.82, 2.24) is 15.3 Å². The highest BCUT2D eigenvalue weighted by molar-refractivity contribution is 5.92. The molecule has 2 aromatic rings. The number of hydrogen-bond donors (Lipinski definition) is 2. The van der Waals surface area contributed by atoms with Crippen LogP contribution in [0.4, 0.5) is 10.5 Å². The van der Waals surface area contributed by atoms with Crippen LogP contribution in [0.2, 0.25) is 0 Å². The highest BCUT2D eigenvalue weighted by Crippen LogP contribution is 2.23. The first-order chi connectivity index (χ1) is 14.5. The zero-order valence-corrected chi connectivity index (χ0v) is 17.8. The number of carbonyl (C=O) groups excluding carboxylic acids is 1. The number of unbranched alkanes of at least 4 members (excludes halogenated alkanes) is 2. The molecule has 1 heterocycles. The summed E-state index contributed by atoms with van der Waals surface area (Å²) in [5.41, 5.74) is 2.40. The van der Waals surface area contributed by atoms with Crippen LogP contribution in [-0.4, -0.2) is 53.4 Å². The number of amides is 2. The Labute approximate surface area is 177 Å². The lowest BCUT2D eigenvalue weighted by Crippen LogP contribution is -2.37. The molecule has 0 aliphatic heterocycles. The van der Waals surface area contributed by atoms with Crippen molar-refractivity contribution in [2.24, 2.45) is 0 Å². The first-order valence-electron chi connectivity index (χ1n) is 10.2. The third kappa shape index (κ3) is 6.81. The lowest BCUT2D eigenvalue weighted by Gasteiger charge is -2.19. The number of urea groups is 1. The summed E-state index contributed by atoms with van der Waals surface area (Å²) in [7, 11) is 1.73. The van der Waals surface area contributed by atoms with E-state index in [1.165, 1.54) is 0 Å². The average Bonchev–Trinajstić information content (AvgIpc) is 2.76. The van der Waals surface area contributed by atoms with Crippen LogP contribution in [0.3, 0.4) is 0 Å². The van der Waals surface area contributed by atoms with Crippen LogP contribution in [0.1, 0.15) is 38.9 Å². The summed E-state index contributed by atoms with van der Waals surface area (Å²) < 4.78 is 5.21. The number of benzene rings is 1. The molecular weight excluding hydrogens is 384 g/mol. The highest BCUT2D eigenvalue weighted by atomic mass is 16.5. The molecule has 0 spiro atoms. The van der Waals surface area contributed by atoms with Crippen LogP contribution in [-0.2, 0) is 16.0 Å². The number of nitrogens with one attached hydrogen (secondary N) is 1. The molecule has 0 aliphatic rings. The van der Waals surface area contributed by atoms with Gasteiger partial charge in [0.05, 0.1) is 0 Å². The third-order valence-electron chi connectivity index (χ3n) is 4.64. The highest BCUT2D eigenvalue weighted by Gasteiger charge is 2.19. The quantitative estimate of drug-likeness (QED) is 0.545. The minimum atomic E-state index is -1.03. The van der Waals surface area contributed by atoms with Crippen LogP contribution in [0.5, 0.6) is 0 Å². The SMILES string of the molecule is CCCCCNC(=O)N(C)c1cccc(-c2cnc(CC(OCC)C(=O)O)nc2)c1. The largest absolute Gasteiger partial charge is 0.479 e. The molecule has 162 valence electrons. The normalized spacial score (nSPS) is 11.7. The predicted octanol–water partition coefficient (Wildman–Crippen LogP) is 3.51. The number of carboxylic acid groups (broad SMARTS) is 1. The van der Waals surface area contributed by atoms with Crippen molar-refractivity contribution in [3.63, 3.8) is 0 Å². The van der Waals surface area contributed by atoms with Crippen molar-refractivity contribution in [3.8, 4) is 11.1 Å². The van der Waals surface area contributed by atoms with E-state index in [1.54, 1.807) is 31.3 Å². The Kier molecular flexibility index (Phi) is 9.21. The van der Waals surface area contributed by atoms with Crippen LogP contribution >= 0.6 is 0 Å². The van der Waals surface area contributed by atoms with Crippen molar-refractivity contribution in [2.75, 3.05) is 25.1 Å². The molecule has 0 radical (unpaired) electrons. The number of rotatable bonds is 11. The Morgan fingerprint density at radius 3 is 2.53 bits per heavy atom. The van der Waals surface area contributed by atoms with Gasteiger partial charge in [-0.05, 0) is 31.0 Å². The molecule has 1 aromatic carbocycles. The van der Waals surface area contributed by atoms with Crippen LogP contribution in [0.25, 0.3) is 11.1 Å². The molecule has 0 aliphatic carbocycles. The second kappa shape index (κ2) is 11.9. The second-order valence-electron chi connectivity index (χ2n) is 6.92. The molecule has 2 N–H and O–H groups in total. The number of nitrogens with zero attached hydrogens (tertiary/aromatic N) is 3. The number of ether oxygens (including phenoxy) is 1. The van der Waals surface area contributed by atoms with Crippen molar-refractivity contribution >= 4 is 17.7 Å². The molecule has 2 amide bonds. The van der Waals surface area contributed by atoms with Gasteiger partial charge in [0.15, 0.2) is 6.10 Å². The molecule has 0 bridgehead atoms. The van der Waals surface area contributed by atoms with E-state index in [0.717, 1.165) is 36.1 Å². The fraction of sp³-hybridized carbons (Fsp3) is 0.455. The van der Waals surface area contributed by atoms with Crippen LogP contribution < -0.4 is 10.2 Å². The summed E-state index contributed by atoms with van der Waals surface area (Å²) in [4.78, 5) is 33.7. The maximum atomic E-state index is 12.3. The van der Waals surface area contributed by atoms with Crippen LogP contribution in [0.15, 0.2) is 36.7 Å². The summed E-state index contributed by atoms with van der Waals surface area (Å²) in [6, 6.07) is 7.39. The first-order valence-corrected chi connectivity index (χ1v) is 10.2. The monoisotopic (exact) mass is 414 g/mol. The molecule has 0 saturated carbocycles. The standard InChI is InChI=1S/C22H30N4O4/c1-4-6-7-11-23-22(29)26(3)18-10-8-9-16(12-18)17-14-24-20(25-15-17)13-19(21(27)28)30-5-2/h8-10,12,14-15,19H,4-7,11,13H2,1-3H3,(H,23,29)(H,27,28). The number of aromatic nitrogens is 2. The minimum Gasteiger partial charge on any atom is -0.479 e. The maximum absolute atomic E-state index is 12.3. The summed E-state index contributed by atoms with van der Waals surface area (Å²) in [5, 5.41) is 12.1. The molecule has 30 heavy (non-hydrogen) atoms. The van der Waals surface area contributed by atoms with Crippen molar-refractivity contribution in [1.29, 1.82) is 0 Å². The fourth-order valence-corrected chi connectivity index (χ4v) is 2.89. The number of anilines is 1. The number of carbonyl (C=O) groups is 2. The van der Waals surface area contributed by atoms with E-state index >= 15 is 0 Å². The lowest BCUT2D eigenvalue weighted by atomic mass is 10.1. The molecule has 1 aromatic heterocycles. The predicted molar refractivity (Wildman–Crippen MR) is 116 cm³/mol. The van der Waals surface area contributed by atoms with Gasteiger partial charge in [-0.3, -0.25) is 4.90 Å². The van der Waals surface area contributed by atoms with Gasteiger partial charge in [0.2, 0.25) is 0 Å². The minimum absolute atomic E-state index is 0.102. The van der Waals surface area contributed by atoms with E-state index in [9.17, 15) is 14.7 Å². The fourth-order valence-electron chi connectivity index (χ4n) is 2.89. The number of carboxylic acids is 1. The summed E-state index contributed by atoms with van der Waals surface area (Å²) in [5.74, 6) is -0.632. The molecule has 1 atom stereocenters. The molecule has 0 fully saturated rings. The molecule has 8 heteroatoms. The van der Waals surface area contributed by atoms with Gasteiger partial charge in [-0.15, -0.1) is 0 Å². The van der Waals surface area contributed by atoms with E-state index < -0.39 is 12.1 Å². The Morgan fingerprint density at radius 2 is 1.90 bits per heavy atom. The van der Waals surface area contributed by atoms with Crippen molar-refractivity contribution in [3.05, 3.63) is 42.5 Å². The second-order valence-corrected chi connectivity index (χ2v) is 6.92. The third-order valence-corrected chi connectivity index (χ3v) is 4.64. The van der Waals surface area contributed by atoms with E-state index in [4.69, 9.17) is 4.74 Å². The van der Waals surface area contributed by atoms with Gasteiger partial charge in [-0.25, -0.2) is 19.6 Å². The Bertz CT molecular complexity index is 826. The summed E-state index contributed by atoms with van der Waals surface area (Å²) >= 11 is 0. The average molecular weight is 415 g/mol. The van der Waals surface area contributed by atoms with E-state index in [-0.39, 0.29) is 12.5 Å². The number of hydrogen-bond acceptors (Lipinski definition) is 5. The van der Waals surface area contributed by atoms with Gasteiger partial charge in [0, 0.05) is 50.3 Å². The molecule has 2 rings (SSSR count). The van der Waals surface area contributed by atoms with Gasteiger partial charge in [-0.1, -0.05) is 31.9 Å². The maximum Gasteiger partial charge on any atom is 0.333 e. The first kappa shape index (κ1) is 23.3. The lowest BCUT2D eigenvalue weighted by molar-refractivity contribution is -0.150. The zero-order chi connectivity index (χ0) is 21.9. The Morgan fingerprint density at radius 1 is 1.17 bits per heavy atom. The molecule has 0 saturated heterocycles. The smallest absolute Gasteiger partial charge is 0.333 e. The van der Waals surface area contributed by atoms with Crippen LogP contribution in [0, 0.1) is 0 Å². The van der Waals surface area contributed by atoms with E-state index in [1.807, 2.05) is 24.3 Å². The Balaban J connectivity index is 2.06. The molecule has 1 unspecified atom stereocenters. The van der Waals surface area contributed by atoms with Gasteiger partial charge >= 0.3 is 12.0 Å². The van der Waals surface area contributed by atoms with Crippen molar-refractivity contribution in [2.45, 2.75) is 45.6 Å². The summed E-state index contributed by atoms with van der Waals surface area (Å²) in [6.07, 6.45) is 5.60. The summed E-state index contributed by atoms with van der Waals surface area (Å²) in [6.45, 7) is 4.83. The van der Waals surface area contributed by atoms with E-state index in [0.29, 0.717) is 19.0 Å². The number of aliphatic carboxylic acids is 1. The van der Waals surface area contributed by atoms with Crippen molar-refractivity contribution < 1.29 is 19.4 Å². The van der Waals surface area contributed by atoms with Gasteiger partial charge in [0.25, 0.3) is 0 Å². The zero-order valence-electron chi connectivity index (χ0n) is 17.8.